The minimum absolute atomic E-state index is 0.701. The van der Waals surface area contributed by atoms with Gasteiger partial charge in [0, 0.05) is 18.3 Å². The molecule has 1 heterocycles. The lowest BCUT2D eigenvalue weighted by atomic mass is 10.1. The summed E-state index contributed by atoms with van der Waals surface area (Å²) in [5.74, 6) is 0. The fraction of sp³-hybridized carbons (Fsp3) is 0.118. The molecule has 20 heavy (non-hydrogen) atoms. The summed E-state index contributed by atoms with van der Waals surface area (Å²) in [5, 5.41) is 13.8. The van der Waals surface area contributed by atoms with E-state index in [1.807, 2.05) is 31.3 Å². The van der Waals surface area contributed by atoms with Crippen LogP contribution in [0.15, 0.2) is 48.7 Å². The van der Waals surface area contributed by atoms with E-state index in [1.54, 1.807) is 0 Å². The summed E-state index contributed by atoms with van der Waals surface area (Å²) in [4.78, 5) is 3.21. The summed E-state index contributed by atoms with van der Waals surface area (Å²) >= 11 is 0. The van der Waals surface area contributed by atoms with Crippen LogP contribution in [-0.2, 0) is 6.54 Å². The van der Waals surface area contributed by atoms with Gasteiger partial charge in [-0.25, -0.2) is 0 Å². The number of benzene rings is 2. The van der Waals surface area contributed by atoms with Crippen molar-refractivity contribution in [3.63, 3.8) is 0 Å². The molecule has 3 rings (SSSR count). The smallest absolute Gasteiger partial charge is 0.102 e. The molecule has 0 saturated carbocycles. The molecule has 2 aromatic carbocycles. The van der Waals surface area contributed by atoms with E-state index in [-0.39, 0.29) is 0 Å². The fourth-order valence-corrected chi connectivity index (χ4v) is 2.37. The summed E-state index contributed by atoms with van der Waals surface area (Å²) in [6, 6.07) is 16.5. The lowest BCUT2D eigenvalue weighted by Crippen LogP contribution is -2.02. The number of hydrogen-bond donors (Lipinski definition) is 2. The third-order valence-electron chi connectivity index (χ3n) is 3.49. The Labute approximate surface area is 117 Å². The average molecular weight is 261 g/mol. The molecule has 1 aromatic heterocycles. The highest BCUT2D eigenvalue weighted by atomic mass is 14.9. The van der Waals surface area contributed by atoms with Crippen LogP contribution in [-0.4, -0.2) is 4.98 Å². The van der Waals surface area contributed by atoms with E-state index < -0.39 is 0 Å². The van der Waals surface area contributed by atoms with E-state index in [9.17, 15) is 5.26 Å². The SMILES string of the molecule is Cc1cccc(NCc2ccc3cc[nH]c3c2)c1C#N. The number of aromatic amines is 1. The Morgan fingerprint density at radius 1 is 1.20 bits per heavy atom. The molecular weight excluding hydrogens is 246 g/mol. The molecular formula is C17H15N3. The second-order valence-corrected chi connectivity index (χ2v) is 4.86. The highest BCUT2D eigenvalue weighted by Gasteiger charge is 2.04. The molecule has 3 heteroatoms. The van der Waals surface area contributed by atoms with Crippen LogP contribution >= 0.6 is 0 Å². The second kappa shape index (κ2) is 5.10. The first-order valence-electron chi connectivity index (χ1n) is 6.57. The molecule has 3 nitrogen and oxygen atoms in total. The Bertz CT molecular complexity index is 793. The predicted octanol–water partition coefficient (Wildman–Crippen LogP) is 3.96. The molecule has 3 aromatic rings. The summed E-state index contributed by atoms with van der Waals surface area (Å²) in [5.41, 5.74) is 4.92. The Morgan fingerprint density at radius 3 is 2.95 bits per heavy atom. The Morgan fingerprint density at radius 2 is 2.10 bits per heavy atom. The van der Waals surface area contributed by atoms with Gasteiger partial charge in [-0.05, 0) is 41.6 Å². The number of nitrogens with one attached hydrogen (secondary N) is 2. The minimum atomic E-state index is 0.701. The largest absolute Gasteiger partial charge is 0.380 e. The second-order valence-electron chi connectivity index (χ2n) is 4.86. The van der Waals surface area contributed by atoms with Gasteiger partial charge in [-0.1, -0.05) is 24.3 Å². The van der Waals surface area contributed by atoms with Gasteiger partial charge in [-0.2, -0.15) is 5.26 Å². The molecule has 0 spiro atoms. The zero-order valence-electron chi connectivity index (χ0n) is 11.3. The van der Waals surface area contributed by atoms with Crippen LogP contribution in [0, 0.1) is 18.3 Å². The number of aromatic nitrogens is 1. The molecule has 0 unspecified atom stereocenters. The zero-order valence-corrected chi connectivity index (χ0v) is 11.3. The van der Waals surface area contributed by atoms with E-state index in [1.165, 1.54) is 10.9 Å². The quantitative estimate of drug-likeness (QED) is 0.749. The van der Waals surface area contributed by atoms with Gasteiger partial charge < -0.3 is 10.3 Å². The van der Waals surface area contributed by atoms with Crippen LogP contribution in [0.2, 0.25) is 0 Å². The number of H-pyrrole nitrogens is 1. The van der Waals surface area contributed by atoms with E-state index in [2.05, 4.69) is 40.6 Å². The van der Waals surface area contributed by atoms with Crippen molar-refractivity contribution in [2.24, 2.45) is 0 Å². The summed E-state index contributed by atoms with van der Waals surface area (Å²) in [6.45, 7) is 2.65. The van der Waals surface area contributed by atoms with Crippen molar-refractivity contribution in [1.82, 2.24) is 4.98 Å². The van der Waals surface area contributed by atoms with Gasteiger partial charge in [0.05, 0.1) is 11.3 Å². The zero-order chi connectivity index (χ0) is 13.9. The van der Waals surface area contributed by atoms with Crippen molar-refractivity contribution in [3.05, 3.63) is 65.4 Å². The minimum Gasteiger partial charge on any atom is -0.380 e. The Hall–Kier alpha value is -2.73. The number of hydrogen-bond acceptors (Lipinski definition) is 2. The van der Waals surface area contributed by atoms with Crippen LogP contribution in [0.5, 0.6) is 0 Å². The number of anilines is 1. The van der Waals surface area contributed by atoms with Crippen LogP contribution in [0.25, 0.3) is 10.9 Å². The maximum absolute atomic E-state index is 9.22. The standard InChI is InChI=1S/C17H15N3/c1-12-3-2-4-16(15(12)10-18)20-11-13-5-6-14-7-8-19-17(14)9-13/h2-9,19-20H,11H2,1H3. The van der Waals surface area contributed by atoms with Crippen molar-refractivity contribution < 1.29 is 0 Å². The van der Waals surface area contributed by atoms with E-state index in [0.29, 0.717) is 12.1 Å². The van der Waals surface area contributed by atoms with Gasteiger partial charge in [0.2, 0.25) is 0 Å². The first-order valence-corrected chi connectivity index (χ1v) is 6.57. The number of aryl methyl sites for hydroxylation is 1. The molecule has 0 saturated heterocycles. The van der Waals surface area contributed by atoms with Gasteiger partial charge in [0.25, 0.3) is 0 Å². The normalized spacial score (nSPS) is 10.4. The maximum atomic E-state index is 9.22. The van der Waals surface area contributed by atoms with Crippen molar-refractivity contribution in [2.75, 3.05) is 5.32 Å². The number of nitriles is 1. The van der Waals surface area contributed by atoms with Gasteiger partial charge in [-0.3, -0.25) is 0 Å². The first-order chi connectivity index (χ1) is 9.78. The monoisotopic (exact) mass is 261 g/mol. The molecule has 0 amide bonds. The molecule has 98 valence electrons. The number of rotatable bonds is 3. The lowest BCUT2D eigenvalue weighted by Gasteiger charge is -2.10. The predicted molar refractivity (Wildman–Crippen MR) is 81.5 cm³/mol. The van der Waals surface area contributed by atoms with E-state index >= 15 is 0 Å². The van der Waals surface area contributed by atoms with Gasteiger partial charge in [0.1, 0.15) is 6.07 Å². The van der Waals surface area contributed by atoms with Crippen LogP contribution in [0.4, 0.5) is 5.69 Å². The molecule has 0 aliphatic carbocycles. The number of nitrogens with zero attached hydrogens (tertiary/aromatic N) is 1. The lowest BCUT2D eigenvalue weighted by molar-refractivity contribution is 1.15. The summed E-state index contributed by atoms with van der Waals surface area (Å²) in [6.07, 6.45) is 1.94. The maximum Gasteiger partial charge on any atom is 0.102 e. The molecule has 0 radical (unpaired) electrons. The summed E-state index contributed by atoms with van der Waals surface area (Å²) in [7, 11) is 0. The molecule has 0 aliphatic heterocycles. The molecule has 0 aliphatic rings. The molecule has 0 fully saturated rings. The third-order valence-corrected chi connectivity index (χ3v) is 3.49. The summed E-state index contributed by atoms with van der Waals surface area (Å²) < 4.78 is 0. The Kier molecular flexibility index (Phi) is 3.14. The third kappa shape index (κ3) is 2.24. The average Bonchev–Trinajstić information content (AvgIpc) is 2.92. The van der Waals surface area contributed by atoms with Gasteiger partial charge in [0.15, 0.2) is 0 Å². The highest BCUT2D eigenvalue weighted by molar-refractivity contribution is 5.80. The highest BCUT2D eigenvalue weighted by Crippen LogP contribution is 2.20. The molecule has 0 bridgehead atoms. The van der Waals surface area contributed by atoms with Crippen LogP contribution in [0.3, 0.4) is 0 Å². The molecule has 2 N–H and O–H groups in total. The van der Waals surface area contributed by atoms with Crippen molar-refractivity contribution >= 4 is 16.6 Å². The van der Waals surface area contributed by atoms with Crippen LogP contribution < -0.4 is 5.32 Å². The molecule has 0 atom stereocenters. The van der Waals surface area contributed by atoms with E-state index in [0.717, 1.165) is 16.8 Å². The van der Waals surface area contributed by atoms with Crippen LogP contribution in [0.1, 0.15) is 16.7 Å². The topological polar surface area (TPSA) is 51.6 Å². The van der Waals surface area contributed by atoms with Gasteiger partial charge >= 0.3 is 0 Å². The fourth-order valence-electron chi connectivity index (χ4n) is 2.37. The first kappa shape index (κ1) is 12.3. The van der Waals surface area contributed by atoms with Crippen molar-refractivity contribution in [2.45, 2.75) is 13.5 Å². The van der Waals surface area contributed by atoms with Crippen molar-refractivity contribution in [3.8, 4) is 6.07 Å². The Balaban J connectivity index is 1.83. The number of fused-ring (bicyclic) bond motifs is 1. The van der Waals surface area contributed by atoms with E-state index in [4.69, 9.17) is 0 Å². The van der Waals surface area contributed by atoms with Crippen molar-refractivity contribution in [1.29, 1.82) is 5.26 Å². The van der Waals surface area contributed by atoms with Gasteiger partial charge in [-0.15, -0.1) is 0 Å².